The van der Waals surface area contributed by atoms with Gasteiger partial charge in [0, 0.05) is 45.5 Å². The lowest BCUT2D eigenvalue weighted by atomic mass is 10.0. The quantitative estimate of drug-likeness (QED) is 0.311. The summed E-state index contributed by atoms with van der Waals surface area (Å²) in [4.78, 5) is 0. The molecule has 0 N–H and O–H groups in total. The topological polar surface area (TPSA) is 22.0 Å². The molecule has 2 nitrogen and oxygen atoms in total. The molecule has 4 heteroatoms. The highest BCUT2D eigenvalue weighted by molar-refractivity contribution is 7.85. The zero-order chi connectivity index (χ0) is 22.4. The molecule has 33 heavy (non-hydrogen) atoms. The number of rotatable bonds is 4. The van der Waals surface area contributed by atoms with Crippen LogP contribution in [-0.4, -0.2) is 4.57 Å². The molecule has 0 aliphatic carbocycles. The molecular formula is C29H21FNOP. The first-order chi connectivity index (χ1) is 16.2. The van der Waals surface area contributed by atoms with E-state index in [2.05, 4.69) is 16.7 Å². The van der Waals surface area contributed by atoms with Gasteiger partial charge in [-0.25, -0.2) is 4.39 Å². The lowest BCUT2D eigenvalue weighted by Gasteiger charge is -2.21. The number of halogens is 1. The summed E-state index contributed by atoms with van der Waals surface area (Å²) in [6, 6.07) is 34.2. The fourth-order valence-corrected chi connectivity index (χ4v) is 7.76. The van der Waals surface area contributed by atoms with E-state index in [-0.39, 0.29) is 5.82 Å². The van der Waals surface area contributed by atoms with Crippen molar-refractivity contribution in [3.63, 3.8) is 0 Å². The third kappa shape index (κ3) is 3.12. The predicted octanol–water partition coefficient (Wildman–Crippen LogP) is 5.83. The Morgan fingerprint density at radius 3 is 1.91 bits per heavy atom. The number of para-hydroxylation sites is 1. The van der Waals surface area contributed by atoms with Crippen LogP contribution in [0.1, 0.15) is 11.3 Å². The lowest BCUT2D eigenvalue weighted by Crippen LogP contribution is -2.25. The van der Waals surface area contributed by atoms with E-state index in [1.54, 1.807) is 12.1 Å². The summed E-state index contributed by atoms with van der Waals surface area (Å²) in [6.07, 6.45) is 2.78. The van der Waals surface area contributed by atoms with Crippen molar-refractivity contribution in [2.45, 2.75) is 6.42 Å². The minimum absolute atomic E-state index is 0.284. The molecule has 0 unspecified atom stereocenters. The second-order valence-corrected chi connectivity index (χ2v) is 11.0. The van der Waals surface area contributed by atoms with E-state index in [9.17, 15) is 4.39 Å². The molecule has 1 aromatic heterocycles. The van der Waals surface area contributed by atoms with Gasteiger partial charge in [0.1, 0.15) is 5.82 Å². The van der Waals surface area contributed by atoms with E-state index in [4.69, 9.17) is 0 Å². The monoisotopic (exact) mass is 449 g/mol. The summed E-state index contributed by atoms with van der Waals surface area (Å²) in [5.74, 6) is -0.284. The van der Waals surface area contributed by atoms with E-state index in [1.165, 1.54) is 17.7 Å². The van der Waals surface area contributed by atoms with Crippen LogP contribution in [-0.2, 0) is 11.0 Å². The number of hydrogen-bond acceptors (Lipinski definition) is 1. The van der Waals surface area contributed by atoms with Gasteiger partial charge in [-0.1, -0.05) is 91.0 Å². The molecule has 160 valence electrons. The van der Waals surface area contributed by atoms with Crippen LogP contribution in [0.5, 0.6) is 0 Å². The number of fused-ring (bicyclic) bond motifs is 3. The molecule has 4 aromatic carbocycles. The fraction of sp³-hybridized carbons (Fsp3) is 0.0345. The van der Waals surface area contributed by atoms with E-state index >= 15 is 4.57 Å². The molecule has 0 bridgehead atoms. The van der Waals surface area contributed by atoms with Crippen LogP contribution in [0.2, 0.25) is 0 Å². The fourth-order valence-electron chi connectivity index (χ4n) is 4.87. The van der Waals surface area contributed by atoms with Gasteiger partial charge in [-0.15, -0.1) is 0 Å². The molecule has 6 rings (SSSR count). The molecule has 0 atom stereocenters. The standard InChI is InChI=1S/C29H21FNOP/c30-23-17-15-21(16-18-23)29-27-19-22-9-7-8-14-26(22)31(27)20-28(29)33(32,24-10-3-1-4-11-24)25-12-5-2-6-13-25/h1-18,20H,19H2. The first kappa shape index (κ1) is 20.0. The van der Waals surface area contributed by atoms with Gasteiger partial charge in [-0.3, -0.25) is 0 Å². The zero-order valence-corrected chi connectivity index (χ0v) is 18.8. The SMILES string of the molecule is O=P(c1ccccc1)(c1ccccc1)c1cn2c(c1-c1ccc(F)cc1)Cc1ccccc1-2. The normalized spacial score (nSPS) is 12.4. The summed E-state index contributed by atoms with van der Waals surface area (Å²) < 4.78 is 31.2. The highest BCUT2D eigenvalue weighted by Crippen LogP contribution is 2.48. The van der Waals surface area contributed by atoms with Gasteiger partial charge in [-0.05, 0) is 29.3 Å². The molecule has 0 radical (unpaired) electrons. The molecule has 0 amide bonds. The van der Waals surface area contributed by atoms with Crippen LogP contribution in [0.15, 0.2) is 115 Å². The number of hydrogen-bond donors (Lipinski definition) is 0. The van der Waals surface area contributed by atoms with Gasteiger partial charge in [-0.2, -0.15) is 0 Å². The minimum atomic E-state index is -3.20. The summed E-state index contributed by atoms with van der Waals surface area (Å²) in [6.45, 7) is 0. The minimum Gasteiger partial charge on any atom is -0.319 e. The van der Waals surface area contributed by atoms with Crippen LogP contribution < -0.4 is 15.9 Å². The van der Waals surface area contributed by atoms with Crippen molar-refractivity contribution < 1.29 is 8.96 Å². The number of nitrogens with zero attached hydrogens (tertiary/aromatic N) is 1. The van der Waals surface area contributed by atoms with Crippen LogP contribution in [0, 0.1) is 5.82 Å². The Kier molecular flexibility index (Phi) is 4.67. The van der Waals surface area contributed by atoms with Crippen LogP contribution in [0.4, 0.5) is 4.39 Å². The molecule has 0 saturated carbocycles. The van der Waals surface area contributed by atoms with E-state index in [1.807, 2.05) is 79.0 Å². The molecule has 0 spiro atoms. The van der Waals surface area contributed by atoms with Gasteiger partial charge in [0.25, 0.3) is 0 Å². The molecule has 1 aliphatic rings. The van der Waals surface area contributed by atoms with Gasteiger partial charge < -0.3 is 9.13 Å². The molecule has 1 aliphatic heterocycles. The molecule has 0 fully saturated rings. The third-order valence-electron chi connectivity index (χ3n) is 6.41. The lowest BCUT2D eigenvalue weighted by molar-refractivity contribution is 0.592. The molecule has 5 aromatic rings. The molecule has 0 saturated heterocycles. The second kappa shape index (κ2) is 7.72. The van der Waals surface area contributed by atoms with Crippen molar-refractivity contribution in [3.05, 3.63) is 132 Å². The Labute approximate surface area is 192 Å². The maximum atomic E-state index is 15.2. The zero-order valence-electron chi connectivity index (χ0n) is 17.9. The summed E-state index contributed by atoms with van der Waals surface area (Å²) in [5, 5.41) is 2.37. The van der Waals surface area contributed by atoms with Gasteiger partial charge in [0.05, 0.1) is 0 Å². The second-order valence-electron chi connectivity index (χ2n) is 8.30. The smallest absolute Gasteiger partial charge is 0.173 e. The number of aromatic nitrogens is 1. The first-order valence-electron chi connectivity index (χ1n) is 11.0. The Morgan fingerprint density at radius 2 is 1.27 bits per heavy atom. The summed E-state index contributed by atoms with van der Waals surface area (Å²) in [5.41, 5.74) is 5.23. The Bertz CT molecular complexity index is 1460. The maximum Gasteiger partial charge on any atom is 0.173 e. The van der Waals surface area contributed by atoms with E-state index in [0.717, 1.165) is 44.8 Å². The van der Waals surface area contributed by atoms with Crippen LogP contribution in [0.3, 0.4) is 0 Å². The van der Waals surface area contributed by atoms with Crippen LogP contribution >= 0.6 is 7.14 Å². The van der Waals surface area contributed by atoms with Crippen molar-refractivity contribution in [3.8, 4) is 16.8 Å². The maximum absolute atomic E-state index is 15.2. The largest absolute Gasteiger partial charge is 0.319 e. The molecular weight excluding hydrogens is 428 g/mol. The summed E-state index contributed by atoms with van der Waals surface area (Å²) >= 11 is 0. The van der Waals surface area contributed by atoms with Crippen molar-refractivity contribution >= 4 is 23.1 Å². The van der Waals surface area contributed by atoms with Crippen molar-refractivity contribution in [1.29, 1.82) is 0 Å². The average molecular weight is 449 g/mol. The van der Waals surface area contributed by atoms with E-state index in [0.29, 0.717) is 0 Å². The Hall–Kier alpha value is -3.68. The summed E-state index contributed by atoms with van der Waals surface area (Å²) in [7, 11) is -3.20. The van der Waals surface area contributed by atoms with Gasteiger partial charge in [0.2, 0.25) is 0 Å². The van der Waals surface area contributed by atoms with Crippen molar-refractivity contribution in [1.82, 2.24) is 4.57 Å². The van der Waals surface area contributed by atoms with Gasteiger partial charge in [0.15, 0.2) is 7.14 Å². The first-order valence-corrected chi connectivity index (χ1v) is 12.7. The van der Waals surface area contributed by atoms with Crippen molar-refractivity contribution in [2.75, 3.05) is 0 Å². The third-order valence-corrected chi connectivity index (χ3v) is 9.48. The van der Waals surface area contributed by atoms with Crippen LogP contribution in [0.25, 0.3) is 16.8 Å². The highest BCUT2D eigenvalue weighted by Gasteiger charge is 2.37. The highest BCUT2D eigenvalue weighted by atomic mass is 31.2. The Morgan fingerprint density at radius 1 is 0.697 bits per heavy atom. The molecule has 2 heterocycles. The van der Waals surface area contributed by atoms with Gasteiger partial charge >= 0.3 is 0 Å². The van der Waals surface area contributed by atoms with Crippen molar-refractivity contribution in [2.24, 2.45) is 0 Å². The Balaban J connectivity index is 1.70. The average Bonchev–Trinajstić information content (AvgIpc) is 3.42. The van der Waals surface area contributed by atoms with E-state index < -0.39 is 7.14 Å². The predicted molar refractivity (Wildman–Crippen MR) is 133 cm³/mol. The number of benzene rings is 4.